The minimum absolute atomic E-state index is 0.0733. The number of carbonyl (C=O) groups excluding carboxylic acids is 2. The molecule has 1 aliphatic heterocycles. The lowest BCUT2D eigenvalue weighted by molar-refractivity contribution is -0.124. The number of benzene rings is 2. The van der Waals surface area contributed by atoms with Gasteiger partial charge in [0.2, 0.25) is 15.9 Å². The monoisotopic (exact) mass is 495 g/mol. The molecule has 1 saturated heterocycles. The van der Waals surface area contributed by atoms with Gasteiger partial charge in [-0.3, -0.25) is 9.59 Å². The van der Waals surface area contributed by atoms with Crippen molar-refractivity contribution < 1.29 is 31.5 Å². The van der Waals surface area contributed by atoms with Gasteiger partial charge in [0.15, 0.2) is 0 Å². The van der Waals surface area contributed by atoms with Crippen LogP contribution in [0.25, 0.3) is 0 Å². The summed E-state index contributed by atoms with van der Waals surface area (Å²) in [5.41, 5.74) is -0.110. The van der Waals surface area contributed by atoms with Crippen LogP contribution < -0.4 is 10.6 Å². The summed E-state index contributed by atoms with van der Waals surface area (Å²) in [6.07, 6.45) is 0. The average Bonchev–Trinajstić information content (AvgIpc) is 2.81. The first-order valence-electron chi connectivity index (χ1n) is 10.8. The Kier molecular flexibility index (Phi) is 8.34. The van der Waals surface area contributed by atoms with E-state index in [9.17, 15) is 26.8 Å². The van der Waals surface area contributed by atoms with Crippen LogP contribution in [0, 0.1) is 17.6 Å². The first kappa shape index (κ1) is 25.7. The van der Waals surface area contributed by atoms with Crippen molar-refractivity contribution in [2.75, 3.05) is 26.3 Å². The molecule has 1 atom stereocenters. The highest BCUT2D eigenvalue weighted by atomic mass is 32.2. The van der Waals surface area contributed by atoms with Crippen molar-refractivity contribution in [3.05, 3.63) is 65.2 Å². The summed E-state index contributed by atoms with van der Waals surface area (Å²) < 4.78 is 59.8. The summed E-state index contributed by atoms with van der Waals surface area (Å²) >= 11 is 0. The topological polar surface area (TPSA) is 105 Å². The fourth-order valence-electron chi connectivity index (χ4n) is 3.48. The van der Waals surface area contributed by atoms with Crippen LogP contribution >= 0.6 is 0 Å². The maximum Gasteiger partial charge on any atom is 0.257 e. The molecule has 0 aliphatic carbocycles. The van der Waals surface area contributed by atoms with Crippen molar-refractivity contribution in [3.63, 3.8) is 0 Å². The number of halogens is 2. The molecule has 3 rings (SSSR count). The van der Waals surface area contributed by atoms with E-state index >= 15 is 0 Å². The Labute approximate surface area is 197 Å². The number of hydrogen-bond acceptors (Lipinski definition) is 5. The van der Waals surface area contributed by atoms with Crippen molar-refractivity contribution >= 4 is 21.8 Å². The molecule has 1 aliphatic rings. The molecule has 2 N–H and O–H groups in total. The van der Waals surface area contributed by atoms with Crippen molar-refractivity contribution in [2.24, 2.45) is 5.92 Å². The number of amides is 2. The minimum atomic E-state index is -3.62. The van der Waals surface area contributed by atoms with Gasteiger partial charge in [0.25, 0.3) is 5.91 Å². The van der Waals surface area contributed by atoms with Gasteiger partial charge in [0.1, 0.15) is 23.2 Å². The second-order valence-electron chi connectivity index (χ2n) is 8.17. The molecular formula is C23H27F2N3O5S. The number of carbonyl (C=O) groups is 2. The number of nitrogens with zero attached hydrogens (tertiary/aromatic N) is 1. The predicted octanol–water partition coefficient (Wildman–Crippen LogP) is 2.06. The smallest absolute Gasteiger partial charge is 0.257 e. The molecule has 1 heterocycles. The molecule has 2 amide bonds. The Morgan fingerprint density at radius 1 is 1.03 bits per heavy atom. The Hall–Kier alpha value is -2.89. The molecule has 2 aromatic carbocycles. The number of morpholine rings is 1. The Morgan fingerprint density at radius 3 is 2.18 bits per heavy atom. The zero-order valence-corrected chi connectivity index (χ0v) is 19.7. The third kappa shape index (κ3) is 5.96. The van der Waals surface area contributed by atoms with E-state index in [0.29, 0.717) is 31.9 Å². The Bertz CT molecular complexity index is 1110. The second-order valence-corrected chi connectivity index (χ2v) is 10.1. The first-order chi connectivity index (χ1) is 16.1. The van der Waals surface area contributed by atoms with Gasteiger partial charge in [-0.1, -0.05) is 32.0 Å². The van der Waals surface area contributed by atoms with Gasteiger partial charge < -0.3 is 15.4 Å². The molecule has 184 valence electrons. The lowest BCUT2D eigenvalue weighted by atomic mass is 10.0. The van der Waals surface area contributed by atoms with E-state index in [0.717, 1.165) is 18.2 Å². The van der Waals surface area contributed by atoms with Crippen LogP contribution in [-0.2, 0) is 26.1 Å². The van der Waals surface area contributed by atoms with Gasteiger partial charge >= 0.3 is 0 Å². The minimum Gasteiger partial charge on any atom is -0.379 e. The van der Waals surface area contributed by atoms with Gasteiger partial charge in [-0.25, -0.2) is 17.2 Å². The van der Waals surface area contributed by atoms with Gasteiger partial charge in [-0.05, 0) is 35.7 Å². The highest BCUT2D eigenvalue weighted by molar-refractivity contribution is 7.89. The largest absolute Gasteiger partial charge is 0.379 e. The fraction of sp³-hybridized carbons (Fsp3) is 0.391. The number of rotatable bonds is 8. The molecule has 2 aromatic rings. The standard InChI is InChI=1S/C23H27F2N3O5S/c1-15(2)21(27-22(29)20-18(24)4-3-5-19(20)25)23(30)26-14-16-6-8-17(9-7-16)34(31,32)28-10-12-33-13-11-28/h3-9,15,21H,10-14H2,1-2H3,(H,26,30)(H,27,29)/t21-/m1/s1. The average molecular weight is 496 g/mol. The highest BCUT2D eigenvalue weighted by Gasteiger charge is 2.28. The summed E-state index contributed by atoms with van der Waals surface area (Å²) in [5, 5.41) is 5.06. The van der Waals surface area contributed by atoms with Gasteiger partial charge in [0, 0.05) is 19.6 Å². The lowest BCUT2D eigenvalue weighted by Gasteiger charge is -2.26. The lowest BCUT2D eigenvalue weighted by Crippen LogP contribution is -2.49. The maximum absolute atomic E-state index is 13.9. The molecular weight excluding hydrogens is 468 g/mol. The van der Waals surface area contributed by atoms with Crippen LogP contribution in [0.2, 0.25) is 0 Å². The third-order valence-electron chi connectivity index (χ3n) is 5.42. The molecule has 0 unspecified atom stereocenters. The van der Waals surface area contributed by atoms with E-state index in [1.54, 1.807) is 26.0 Å². The van der Waals surface area contributed by atoms with Crippen LogP contribution in [0.1, 0.15) is 29.8 Å². The van der Waals surface area contributed by atoms with Gasteiger partial charge in [-0.2, -0.15) is 4.31 Å². The van der Waals surface area contributed by atoms with Crippen LogP contribution in [0.5, 0.6) is 0 Å². The summed E-state index contributed by atoms with van der Waals surface area (Å²) in [5.74, 6) is -3.97. The van der Waals surface area contributed by atoms with Crippen molar-refractivity contribution in [3.8, 4) is 0 Å². The molecule has 0 aromatic heterocycles. The van der Waals surface area contributed by atoms with E-state index in [-0.39, 0.29) is 17.4 Å². The van der Waals surface area contributed by atoms with Crippen LogP contribution in [0.4, 0.5) is 8.78 Å². The van der Waals surface area contributed by atoms with Crippen molar-refractivity contribution in [2.45, 2.75) is 31.3 Å². The maximum atomic E-state index is 13.9. The molecule has 8 nitrogen and oxygen atoms in total. The van der Waals surface area contributed by atoms with Crippen molar-refractivity contribution in [1.82, 2.24) is 14.9 Å². The first-order valence-corrected chi connectivity index (χ1v) is 12.2. The normalized spacial score (nSPS) is 15.7. The molecule has 0 bridgehead atoms. The summed E-state index contributed by atoms with van der Waals surface area (Å²) in [6, 6.07) is 8.15. The SMILES string of the molecule is CC(C)[C@@H](NC(=O)c1c(F)cccc1F)C(=O)NCc1ccc(S(=O)(=O)N2CCOCC2)cc1. The Balaban J connectivity index is 1.63. The quantitative estimate of drug-likeness (QED) is 0.583. The number of sulfonamides is 1. The molecule has 0 spiro atoms. The second kappa shape index (κ2) is 11.0. The summed E-state index contributed by atoms with van der Waals surface area (Å²) in [6.45, 7) is 4.73. The van der Waals surface area contributed by atoms with E-state index in [4.69, 9.17) is 4.74 Å². The highest BCUT2D eigenvalue weighted by Crippen LogP contribution is 2.18. The number of nitrogens with one attached hydrogen (secondary N) is 2. The molecule has 1 fully saturated rings. The summed E-state index contributed by atoms with van der Waals surface area (Å²) in [7, 11) is -3.62. The zero-order valence-electron chi connectivity index (χ0n) is 18.9. The van der Waals surface area contributed by atoms with E-state index < -0.39 is 45.1 Å². The predicted molar refractivity (Wildman–Crippen MR) is 120 cm³/mol. The molecule has 0 saturated carbocycles. The van der Waals surface area contributed by atoms with Gasteiger partial charge in [-0.15, -0.1) is 0 Å². The van der Waals surface area contributed by atoms with E-state index in [1.807, 2.05) is 0 Å². The number of ether oxygens (including phenoxy) is 1. The van der Waals surface area contributed by atoms with Crippen LogP contribution in [0.15, 0.2) is 47.4 Å². The zero-order chi connectivity index (χ0) is 24.9. The molecule has 34 heavy (non-hydrogen) atoms. The van der Waals surface area contributed by atoms with Crippen LogP contribution in [0.3, 0.4) is 0 Å². The molecule has 0 radical (unpaired) electrons. The summed E-state index contributed by atoms with van der Waals surface area (Å²) in [4.78, 5) is 25.2. The van der Waals surface area contributed by atoms with E-state index in [2.05, 4.69) is 10.6 Å². The third-order valence-corrected chi connectivity index (χ3v) is 7.34. The molecule has 11 heteroatoms. The Morgan fingerprint density at radius 2 is 1.62 bits per heavy atom. The van der Waals surface area contributed by atoms with Gasteiger partial charge in [0.05, 0.1) is 18.1 Å². The fourth-order valence-corrected chi connectivity index (χ4v) is 4.89. The van der Waals surface area contributed by atoms with Crippen LogP contribution in [-0.4, -0.2) is 56.9 Å². The van der Waals surface area contributed by atoms with E-state index in [1.165, 1.54) is 16.4 Å². The number of hydrogen-bond donors (Lipinski definition) is 2. The van der Waals surface area contributed by atoms with Crippen molar-refractivity contribution in [1.29, 1.82) is 0 Å².